The van der Waals surface area contributed by atoms with Crippen LogP contribution in [0, 0.1) is 4.77 Å². The first-order chi connectivity index (χ1) is 11.4. The molecule has 1 aliphatic rings. The van der Waals surface area contributed by atoms with Gasteiger partial charge in [-0.25, -0.2) is 0 Å². The predicted molar refractivity (Wildman–Crippen MR) is 77.8 cm³/mol. The second kappa shape index (κ2) is 13.1. The summed E-state index contributed by atoms with van der Waals surface area (Å²) in [5.41, 5.74) is -0.499. The topological polar surface area (TPSA) is 200 Å². The maximum atomic E-state index is 11.4. The van der Waals surface area contributed by atoms with Crippen molar-refractivity contribution in [3.63, 3.8) is 0 Å². The molecule has 0 spiro atoms. The Labute approximate surface area is 230 Å². The van der Waals surface area contributed by atoms with Gasteiger partial charge in [-0.3, -0.25) is 14.3 Å². The zero-order valence-electron chi connectivity index (χ0n) is 15.3. The van der Waals surface area contributed by atoms with Crippen LogP contribution in [0.25, 0.3) is 0 Å². The van der Waals surface area contributed by atoms with Gasteiger partial charge < -0.3 is 43.3 Å². The van der Waals surface area contributed by atoms with E-state index in [4.69, 9.17) is 17.0 Å². The van der Waals surface area contributed by atoms with Crippen molar-refractivity contribution in [3.05, 3.63) is 27.4 Å². The number of hydrogen-bond donors (Lipinski definition) is 3. The molecular formula is C10H13N2Na3O10P2S. The van der Waals surface area contributed by atoms with Gasteiger partial charge in [0.05, 0.1) is 6.61 Å². The molecule has 28 heavy (non-hydrogen) atoms. The van der Waals surface area contributed by atoms with Gasteiger partial charge in [0.1, 0.15) is 25.9 Å². The summed E-state index contributed by atoms with van der Waals surface area (Å²) in [5, 5.41) is 19.9. The molecule has 2 heterocycles. The quantitative estimate of drug-likeness (QED) is 0.197. The number of rotatable bonds is 6. The zero-order chi connectivity index (χ0) is 19.0. The molecule has 5 atom stereocenters. The molecule has 1 saturated heterocycles. The summed E-state index contributed by atoms with van der Waals surface area (Å²) in [7, 11) is -10.4. The standard InChI is InChI=1S/C10H16N2O10P2S.3Na/c13-6-1-2-12(10(25)11-6)9-8(15)7(14)5(22-9)3-21-24(19,20)4-23(16,17)18;;;/h1-2,5,7-9,14-15H,3-4H2,(H,19,20)(H,11,13,25)(H2,16,17,18);;;/q;3*+1/p-3/t5-,7-,8-,9-;;;/m1.../s1. The monoisotopic (exact) mass is 484 g/mol. The van der Waals surface area contributed by atoms with Gasteiger partial charge in [-0.05, 0) is 12.2 Å². The van der Waals surface area contributed by atoms with Crippen LogP contribution in [0.4, 0.5) is 0 Å². The minimum atomic E-state index is -5.35. The Hall–Kier alpha value is 2.28. The summed E-state index contributed by atoms with van der Waals surface area (Å²) < 4.78 is 32.6. The Morgan fingerprint density at radius 3 is 2.29 bits per heavy atom. The molecule has 3 N–H and O–H groups in total. The van der Waals surface area contributed by atoms with E-state index in [1.54, 1.807) is 0 Å². The van der Waals surface area contributed by atoms with Gasteiger partial charge in [-0.2, -0.15) is 0 Å². The first-order valence-corrected chi connectivity index (χ1v) is 10.5. The molecule has 142 valence electrons. The van der Waals surface area contributed by atoms with Gasteiger partial charge in [0.15, 0.2) is 11.0 Å². The second-order valence-electron chi connectivity index (χ2n) is 5.22. The van der Waals surface area contributed by atoms with Crippen molar-refractivity contribution in [2.45, 2.75) is 24.5 Å². The minimum Gasteiger partial charge on any atom is -0.810 e. The number of aromatic nitrogens is 2. The molecule has 18 heteroatoms. The van der Waals surface area contributed by atoms with Gasteiger partial charge in [0.2, 0.25) is 0 Å². The van der Waals surface area contributed by atoms with Crippen molar-refractivity contribution >= 4 is 27.4 Å². The number of hydrogen-bond acceptors (Lipinski definition) is 11. The first-order valence-electron chi connectivity index (χ1n) is 6.68. The summed E-state index contributed by atoms with van der Waals surface area (Å²) >= 11 is 4.90. The van der Waals surface area contributed by atoms with E-state index in [1.807, 2.05) is 0 Å². The van der Waals surface area contributed by atoms with E-state index in [9.17, 15) is 38.8 Å². The molecule has 1 aromatic heterocycles. The molecule has 1 aliphatic heterocycles. The van der Waals surface area contributed by atoms with Crippen molar-refractivity contribution in [1.82, 2.24) is 9.55 Å². The molecule has 1 unspecified atom stereocenters. The number of aromatic amines is 1. The molecule has 0 aliphatic carbocycles. The first kappa shape index (κ1) is 32.5. The molecule has 12 nitrogen and oxygen atoms in total. The molecule has 0 amide bonds. The van der Waals surface area contributed by atoms with Crippen LogP contribution in [0.5, 0.6) is 0 Å². The van der Waals surface area contributed by atoms with Gasteiger partial charge in [-0.15, -0.1) is 0 Å². The Bertz CT molecular complexity index is 847. The number of aliphatic hydroxyl groups excluding tert-OH is 2. The fraction of sp³-hybridized carbons (Fsp3) is 0.600. The Kier molecular flexibility index (Phi) is 15.2. The third-order valence-electron chi connectivity index (χ3n) is 3.24. The van der Waals surface area contributed by atoms with Crippen molar-refractivity contribution in [2.75, 3.05) is 12.5 Å². The van der Waals surface area contributed by atoms with E-state index < -0.39 is 57.8 Å². The molecule has 0 aromatic carbocycles. The van der Waals surface area contributed by atoms with Crippen molar-refractivity contribution in [1.29, 1.82) is 0 Å². The maximum absolute atomic E-state index is 11.4. The molecule has 0 bridgehead atoms. The van der Waals surface area contributed by atoms with E-state index in [1.165, 1.54) is 6.20 Å². The van der Waals surface area contributed by atoms with Crippen LogP contribution < -0.4 is 109 Å². The molecule has 1 aromatic rings. The number of H-pyrrole nitrogens is 1. The van der Waals surface area contributed by atoms with Crippen LogP contribution in [-0.2, 0) is 18.4 Å². The normalized spacial score (nSPS) is 26.3. The van der Waals surface area contributed by atoms with Crippen LogP contribution in [0.1, 0.15) is 6.23 Å². The van der Waals surface area contributed by atoms with Crippen molar-refractivity contribution in [2.24, 2.45) is 0 Å². The van der Waals surface area contributed by atoms with E-state index in [0.29, 0.717) is 0 Å². The Balaban J connectivity index is 0. The third-order valence-corrected chi connectivity index (χ3v) is 6.87. The van der Waals surface area contributed by atoms with Crippen LogP contribution in [-0.4, -0.2) is 50.6 Å². The van der Waals surface area contributed by atoms with E-state index in [2.05, 4.69) is 9.51 Å². The largest absolute Gasteiger partial charge is 1.00 e. The third kappa shape index (κ3) is 9.41. The van der Waals surface area contributed by atoms with Crippen LogP contribution in [0.15, 0.2) is 17.1 Å². The summed E-state index contributed by atoms with van der Waals surface area (Å²) in [6, 6.07) is 1.09. The predicted octanol–water partition coefficient (Wildman–Crippen LogP) is -12.0. The molecular weight excluding hydrogens is 471 g/mol. The number of nitrogens with zero attached hydrogens (tertiary/aromatic N) is 1. The van der Waals surface area contributed by atoms with Crippen molar-refractivity contribution < 1.29 is 132 Å². The van der Waals surface area contributed by atoms with Gasteiger partial charge in [-0.1, -0.05) is 7.60 Å². The summed E-state index contributed by atoms with van der Waals surface area (Å²) in [4.78, 5) is 45.9. The summed E-state index contributed by atoms with van der Waals surface area (Å²) in [6.07, 6.45) is -4.53. The van der Waals surface area contributed by atoms with E-state index in [0.717, 1.165) is 10.6 Å². The fourth-order valence-electron chi connectivity index (χ4n) is 2.16. The van der Waals surface area contributed by atoms with Crippen molar-refractivity contribution in [3.8, 4) is 0 Å². The van der Waals surface area contributed by atoms with Crippen LogP contribution >= 0.6 is 27.4 Å². The number of nitrogens with one attached hydrogen (secondary N) is 1. The van der Waals surface area contributed by atoms with E-state index in [-0.39, 0.29) is 93.4 Å². The number of aliphatic hydroxyl groups is 2. The fourth-order valence-corrected chi connectivity index (χ4v) is 4.83. The summed E-state index contributed by atoms with van der Waals surface area (Å²) in [5.74, 6) is -1.72. The average Bonchev–Trinajstić information content (AvgIpc) is 2.71. The Morgan fingerprint density at radius 1 is 1.21 bits per heavy atom. The molecule has 0 saturated carbocycles. The molecule has 0 radical (unpaired) electrons. The van der Waals surface area contributed by atoms with Gasteiger partial charge >= 0.3 is 88.7 Å². The van der Waals surface area contributed by atoms with Crippen LogP contribution in [0.2, 0.25) is 0 Å². The minimum absolute atomic E-state index is 0. The maximum Gasteiger partial charge on any atom is 1.00 e. The smallest absolute Gasteiger partial charge is 0.810 e. The molecule has 1 fully saturated rings. The number of ether oxygens (including phenoxy) is 1. The molecule has 2 rings (SSSR count). The average molecular weight is 484 g/mol. The zero-order valence-corrected chi connectivity index (χ0v) is 23.9. The summed E-state index contributed by atoms with van der Waals surface area (Å²) in [6.45, 7) is -0.827. The van der Waals surface area contributed by atoms with E-state index >= 15 is 0 Å². The van der Waals surface area contributed by atoms with Gasteiger partial charge in [0, 0.05) is 18.2 Å². The van der Waals surface area contributed by atoms with Crippen LogP contribution in [0.3, 0.4) is 0 Å². The second-order valence-corrected chi connectivity index (χ2v) is 9.44. The SMILES string of the molecule is O=c1ccn([C@@H]2O[C@H](COP(=O)([O-])CP(=O)([O-])[O-])[C@@H](O)[C@H]2O)c(=S)[nH]1.[Na+].[Na+].[Na+]. The Morgan fingerprint density at radius 2 is 1.79 bits per heavy atom. The van der Waals surface area contributed by atoms with Gasteiger partial charge in [0.25, 0.3) is 5.56 Å².